The normalized spacial score (nSPS) is 12.1. The van der Waals surface area contributed by atoms with Gasteiger partial charge in [-0.15, -0.1) is 11.3 Å². The average Bonchev–Trinajstić information content (AvgIpc) is 3.50. The smallest absolute Gasteiger partial charge is 0.147 e. The molecule has 0 unspecified atom stereocenters. The lowest BCUT2D eigenvalue weighted by atomic mass is 9.84. The van der Waals surface area contributed by atoms with E-state index in [9.17, 15) is 0 Å². The topological polar surface area (TPSA) is 17.8 Å². The first-order valence-corrected chi connectivity index (χ1v) is 14.3. The number of para-hydroxylation sites is 2. The molecule has 0 N–H and O–H groups in total. The molecule has 0 saturated carbocycles. The fraction of sp³-hybridized carbons (Fsp3) is 0.139. The van der Waals surface area contributed by atoms with Gasteiger partial charge in [0.15, 0.2) is 0 Å². The highest BCUT2D eigenvalue weighted by Gasteiger charge is 2.24. The Morgan fingerprint density at radius 1 is 0.692 bits per heavy atom. The van der Waals surface area contributed by atoms with E-state index in [0.717, 1.165) is 16.9 Å². The predicted molar refractivity (Wildman–Crippen MR) is 168 cm³/mol. The SMILES string of the molecule is Cc1ccc2c(c1)sc1c(-c3nc4ccccc4n3-c3ccc(-c4ccccc4)cc3C(C)(C)C)cccc12. The molecule has 3 heteroatoms. The Kier molecular flexibility index (Phi) is 5.47. The fourth-order valence-electron chi connectivity index (χ4n) is 5.67. The molecule has 0 aliphatic rings. The number of benzene rings is 5. The van der Waals surface area contributed by atoms with Crippen LogP contribution in [-0.4, -0.2) is 9.55 Å². The van der Waals surface area contributed by atoms with Crippen molar-refractivity contribution in [3.63, 3.8) is 0 Å². The minimum Gasteiger partial charge on any atom is -0.292 e. The van der Waals surface area contributed by atoms with E-state index < -0.39 is 0 Å². The van der Waals surface area contributed by atoms with Crippen LogP contribution in [0.3, 0.4) is 0 Å². The predicted octanol–water partition coefficient (Wildman–Crippen LogP) is 10.3. The van der Waals surface area contributed by atoms with E-state index in [-0.39, 0.29) is 5.41 Å². The molecule has 0 saturated heterocycles. The van der Waals surface area contributed by atoms with E-state index in [1.54, 1.807) is 0 Å². The standard InChI is InChI=1S/C36H30N2S/c1-23-17-19-26-27-13-10-14-28(34(27)39-33(26)21-23)35-37-30-15-8-9-16-32(30)38(35)31-20-18-25(22-29(31)36(2,3)4)24-11-6-5-7-12-24/h5-22H,1-4H3. The average molecular weight is 523 g/mol. The number of aromatic nitrogens is 2. The number of imidazole rings is 1. The van der Waals surface area contributed by atoms with E-state index in [1.807, 2.05) is 11.3 Å². The minimum absolute atomic E-state index is 0.0656. The molecule has 0 amide bonds. The maximum atomic E-state index is 5.27. The highest BCUT2D eigenvalue weighted by atomic mass is 32.1. The Morgan fingerprint density at radius 2 is 1.49 bits per heavy atom. The Balaban J connectivity index is 1.54. The number of thiophene rings is 1. The summed E-state index contributed by atoms with van der Waals surface area (Å²) in [6.45, 7) is 9.06. The maximum Gasteiger partial charge on any atom is 0.147 e. The molecule has 0 radical (unpaired) electrons. The van der Waals surface area contributed by atoms with Gasteiger partial charge in [-0.3, -0.25) is 4.57 Å². The van der Waals surface area contributed by atoms with Crippen LogP contribution in [-0.2, 0) is 5.41 Å². The van der Waals surface area contributed by atoms with Crippen LogP contribution in [0, 0.1) is 6.92 Å². The third kappa shape index (κ3) is 3.97. The number of hydrogen-bond donors (Lipinski definition) is 0. The van der Waals surface area contributed by atoms with E-state index in [0.29, 0.717) is 0 Å². The third-order valence-corrected chi connectivity index (χ3v) is 8.81. The van der Waals surface area contributed by atoms with Gasteiger partial charge in [-0.1, -0.05) is 93.6 Å². The summed E-state index contributed by atoms with van der Waals surface area (Å²) in [6.07, 6.45) is 0. The van der Waals surface area contributed by atoms with Crippen LogP contribution in [0.1, 0.15) is 31.9 Å². The summed E-state index contributed by atoms with van der Waals surface area (Å²) in [4.78, 5) is 5.27. The van der Waals surface area contributed by atoms with Gasteiger partial charge in [0.05, 0.1) is 16.7 Å². The molecule has 2 aromatic heterocycles. The summed E-state index contributed by atoms with van der Waals surface area (Å²) in [6, 6.07) is 39.5. The van der Waals surface area contributed by atoms with Gasteiger partial charge in [0.25, 0.3) is 0 Å². The van der Waals surface area contributed by atoms with Crippen molar-refractivity contribution in [2.75, 3.05) is 0 Å². The van der Waals surface area contributed by atoms with Crippen LogP contribution in [0.2, 0.25) is 0 Å². The Hall–Kier alpha value is -4.21. The van der Waals surface area contributed by atoms with Crippen molar-refractivity contribution in [1.82, 2.24) is 9.55 Å². The monoisotopic (exact) mass is 522 g/mol. The van der Waals surface area contributed by atoms with Crippen LogP contribution in [0.25, 0.3) is 59.4 Å². The molecule has 2 heterocycles. The van der Waals surface area contributed by atoms with Crippen molar-refractivity contribution < 1.29 is 0 Å². The largest absolute Gasteiger partial charge is 0.292 e. The fourth-order valence-corrected chi connectivity index (χ4v) is 6.98. The number of hydrogen-bond acceptors (Lipinski definition) is 2. The van der Waals surface area contributed by atoms with Crippen molar-refractivity contribution in [3.8, 4) is 28.2 Å². The van der Waals surface area contributed by atoms with Crippen LogP contribution < -0.4 is 0 Å². The zero-order valence-electron chi connectivity index (χ0n) is 22.7. The van der Waals surface area contributed by atoms with Crippen LogP contribution in [0.5, 0.6) is 0 Å². The molecule has 0 fully saturated rings. The van der Waals surface area contributed by atoms with Gasteiger partial charge in [-0.25, -0.2) is 4.98 Å². The lowest BCUT2D eigenvalue weighted by Crippen LogP contribution is -2.16. The third-order valence-electron chi connectivity index (χ3n) is 7.61. The molecule has 0 bridgehead atoms. The molecular formula is C36H30N2S. The minimum atomic E-state index is -0.0656. The van der Waals surface area contributed by atoms with E-state index in [2.05, 4.69) is 141 Å². The second-order valence-electron chi connectivity index (χ2n) is 11.4. The highest BCUT2D eigenvalue weighted by Crippen LogP contribution is 2.43. The highest BCUT2D eigenvalue weighted by molar-refractivity contribution is 7.26. The molecule has 2 nitrogen and oxygen atoms in total. The first-order valence-electron chi connectivity index (χ1n) is 13.5. The summed E-state index contributed by atoms with van der Waals surface area (Å²) < 4.78 is 4.99. The molecule has 7 rings (SSSR count). The zero-order chi connectivity index (χ0) is 26.7. The van der Waals surface area contributed by atoms with Gasteiger partial charge in [0.2, 0.25) is 0 Å². The molecular weight excluding hydrogens is 492 g/mol. The second kappa shape index (κ2) is 8.93. The molecule has 0 aliphatic heterocycles. The number of rotatable bonds is 3. The number of fused-ring (bicyclic) bond motifs is 4. The molecule has 0 spiro atoms. The Labute approximate surface area is 233 Å². The van der Waals surface area contributed by atoms with Crippen molar-refractivity contribution in [2.24, 2.45) is 0 Å². The summed E-state index contributed by atoms with van der Waals surface area (Å²) in [5, 5.41) is 2.61. The van der Waals surface area contributed by atoms with E-state index in [1.165, 1.54) is 53.7 Å². The van der Waals surface area contributed by atoms with Crippen LogP contribution in [0.4, 0.5) is 0 Å². The maximum absolute atomic E-state index is 5.27. The van der Waals surface area contributed by atoms with Gasteiger partial charge in [-0.05, 0) is 71.0 Å². The van der Waals surface area contributed by atoms with Gasteiger partial charge in [0.1, 0.15) is 5.82 Å². The van der Waals surface area contributed by atoms with Crippen molar-refractivity contribution in [1.29, 1.82) is 0 Å². The molecule has 0 atom stereocenters. The molecule has 7 aromatic rings. The molecule has 39 heavy (non-hydrogen) atoms. The Bertz CT molecular complexity index is 2000. The van der Waals surface area contributed by atoms with E-state index >= 15 is 0 Å². The van der Waals surface area contributed by atoms with Crippen molar-refractivity contribution >= 4 is 42.5 Å². The second-order valence-corrected chi connectivity index (χ2v) is 12.4. The molecule has 0 aliphatic carbocycles. The molecule has 5 aromatic carbocycles. The summed E-state index contributed by atoms with van der Waals surface area (Å²) >= 11 is 1.87. The van der Waals surface area contributed by atoms with Gasteiger partial charge in [0, 0.05) is 25.7 Å². The number of aryl methyl sites for hydroxylation is 1. The first-order chi connectivity index (χ1) is 18.9. The van der Waals surface area contributed by atoms with Crippen LogP contribution in [0.15, 0.2) is 109 Å². The first kappa shape index (κ1) is 23.9. The van der Waals surface area contributed by atoms with Crippen molar-refractivity contribution in [3.05, 3.63) is 120 Å². The van der Waals surface area contributed by atoms with Gasteiger partial charge >= 0.3 is 0 Å². The summed E-state index contributed by atoms with van der Waals surface area (Å²) in [7, 11) is 0. The number of nitrogens with zero attached hydrogens (tertiary/aromatic N) is 2. The van der Waals surface area contributed by atoms with Crippen LogP contribution >= 0.6 is 11.3 Å². The quantitative estimate of drug-likeness (QED) is 0.226. The van der Waals surface area contributed by atoms with Crippen molar-refractivity contribution in [2.45, 2.75) is 33.1 Å². The molecule has 190 valence electrons. The van der Waals surface area contributed by atoms with Gasteiger partial charge in [-0.2, -0.15) is 0 Å². The van der Waals surface area contributed by atoms with Gasteiger partial charge < -0.3 is 0 Å². The Morgan fingerprint density at radius 3 is 2.31 bits per heavy atom. The summed E-state index contributed by atoms with van der Waals surface area (Å²) in [5.74, 6) is 0.989. The van der Waals surface area contributed by atoms with E-state index in [4.69, 9.17) is 4.98 Å². The lowest BCUT2D eigenvalue weighted by molar-refractivity contribution is 0.587. The zero-order valence-corrected chi connectivity index (χ0v) is 23.5. The lowest BCUT2D eigenvalue weighted by Gasteiger charge is -2.25. The summed E-state index contributed by atoms with van der Waals surface area (Å²) in [5.41, 5.74) is 9.47.